The highest BCUT2D eigenvalue weighted by atomic mass is 32.1. The van der Waals surface area contributed by atoms with Crippen molar-refractivity contribution in [2.75, 3.05) is 39.6 Å². The van der Waals surface area contributed by atoms with Gasteiger partial charge in [0, 0.05) is 19.6 Å². The molecule has 3 heterocycles. The second-order valence-corrected chi connectivity index (χ2v) is 6.91. The van der Waals surface area contributed by atoms with Gasteiger partial charge in [0.1, 0.15) is 0 Å². The molecule has 132 valence electrons. The van der Waals surface area contributed by atoms with E-state index < -0.39 is 0 Å². The molecule has 0 saturated carbocycles. The van der Waals surface area contributed by atoms with Gasteiger partial charge in [0.25, 0.3) is 5.91 Å². The number of amides is 1. The number of ether oxygens (including phenoxy) is 3. The van der Waals surface area contributed by atoms with Gasteiger partial charge in [-0.15, -0.1) is 11.3 Å². The Morgan fingerprint density at radius 1 is 1.20 bits per heavy atom. The van der Waals surface area contributed by atoms with Crippen molar-refractivity contribution >= 4 is 17.2 Å². The molecule has 1 N–H and O–H groups in total. The molecule has 0 bridgehead atoms. The Labute approximate surface area is 150 Å². The lowest BCUT2D eigenvalue weighted by atomic mass is 10.0. The van der Waals surface area contributed by atoms with E-state index >= 15 is 0 Å². The van der Waals surface area contributed by atoms with Crippen LogP contribution in [0.15, 0.2) is 35.7 Å². The van der Waals surface area contributed by atoms with Gasteiger partial charge in [-0.25, -0.2) is 0 Å². The average Bonchev–Trinajstić information content (AvgIpc) is 3.34. The first-order chi connectivity index (χ1) is 12.3. The van der Waals surface area contributed by atoms with Crippen LogP contribution in [0.25, 0.3) is 0 Å². The monoisotopic (exact) mass is 360 g/mol. The van der Waals surface area contributed by atoms with Crippen molar-refractivity contribution in [3.05, 3.63) is 46.2 Å². The molecule has 6 nitrogen and oxygen atoms in total. The van der Waals surface area contributed by atoms with Crippen molar-refractivity contribution in [3.63, 3.8) is 0 Å². The van der Waals surface area contributed by atoms with Gasteiger partial charge < -0.3 is 19.5 Å². The highest BCUT2D eigenvalue weighted by molar-refractivity contribution is 7.12. The Morgan fingerprint density at radius 2 is 2.04 bits per heavy atom. The number of fused-ring (bicyclic) bond motifs is 1. The Kier molecular flexibility index (Phi) is 4.87. The van der Waals surface area contributed by atoms with Gasteiger partial charge in [0.15, 0.2) is 11.5 Å². The standard InChI is InChI=1S/C18H20N2O4S/c21-18(17-2-1-9-25-17)19-11-14(20-5-7-22-8-6-20)13-3-4-15-16(10-13)24-12-23-15/h1-4,9-10,14H,5-8,11-12H2,(H,19,21)/t14-/m0/s1. The molecular weight excluding hydrogens is 340 g/mol. The van der Waals surface area contributed by atoms with Gasteiger partial charge >= 0.3 is 0 Å². The first-order valence-corrected chi connectivity index (χ1v) is 9.22. The SMILES string of the molecule is O=C(NC[C@@H](c1ccc2c(c1)OCO2)N1CCOCC1)c1cccs1. The van der Waals surface area contributed by atoms with Crippen molar-refractivity contribution in [2.24, 2.45) is 0 Å². The van der Waals surface area contributed by atoms with Gasteiger partial charge in [-0.05, 0) is 29.1 Å². The Bertz CT molecular complexity index is 729. The van der Waals surface area contributed by atoms with Crippen LogP contribution in [0, 0.1) is 0 Å². The first kappa shape index (κ1) is 16.4. The van der Waals surface area contributed by atoms with Gasteiger partial charge in [0.05, 0.1) is 24.1 Å². The number of benzene rings is 1. The van der Waals surface area contributed by atoms with Gasteiger partial charge in [0.2, 0.25) is 6.79 Å². The van der Waals surface area contributed by atoms with Gasteiger partial charge in [-0.2, -0.15) is 0 Å². The van der Waals surface area contributed by atoms with Gasteiger partial charge in [-0.1, -0.05) is 12.1 Å². The fourth-order valence-corrected chi connectivity index (χ4v) is 3.79. The molecule has 0 aliphatic carbocycles. The van der Waals surface area contributed by atoms with Crippen molar-refractivity contribution in [2.45, 2.75) is 6.04 Å². The van der Waals surface area contributed by atoms with Crippen LogP contribution in [0.3, 0.4) is 0 Å². The molecule has 25 heavy (non-hydrogen) atoms. The maximum absolute atomic E-state index is 12.3. The second kappa shape index (κ2) is 7.43. The van der Waals surface area contributed by atoms with E-state index in [1.165, 1.54) is 11.3 Å². The van der Waals surface area contributed by atoms with Crippen molar-refractivity contribution in [1.82, 2.24) is 10.2 Å². The molecule has 1 saturated heterocycles. The maximum atomic E-state index is 12.3. The zero-order valence-electron chi connectivity index (χ0n) is 13.8. The Balaban J connectivity index is 1.52. The summed E-state index contributed by atoms with van der Waals surface area (Å²) >= 11 is 1.45. The molecule has 7 heteroatoms. The molecule has 0 unspecified atom stereocenters. The summed E-state index contributed by atoms with van der Waals surface area (Å²) in [6.07, 6.45) is 0. The topological polar surface area (TPSA) is 60.0 Å². The maximum Gasteiger partial charge on any atom is 0.261 e. The number of morpholine rings is 1. The minimum Gasteiger partial charge on any atom is -0.454 e. The van der Waals surface area contributed by atoms with E-state index in [2.05, 4.69) is 10.2 Å². The highest BCUT2D eigenvalue weighted by Crippen LogP contribution is 2.35. The van der Waals surface area contributed by atoms with Crippen molar-refractivity contribution in [1.29, 1.82) is 0 Å². The number of rotatable bonds is 5. The average molecular weight is 360 g/mol. The van der Waals surface area contributed by atoms with Crippen LogP contribution in [0.4, 0.5) is 0 Å². The van der Waals surface area contributed by atoms with E-state index in [-0.39, 0.29) is 18.7 Å². The van der Waals surface area contributed by atoms with Crippen LogP contribution < -0.4 is 14.8 Å². The van der Waals surface area contributed by atoms with E-state index in [9.17, 15) is 4.79 Å². The number of carbonyl (C=O) groups excluding carboxylic acids is 1. The lowest BCUT2D eigenvalue weighted by Gasteiger charge is -2.35. The number of hydrogen-bond donors (Lipinski definition) is 1. The van der Waals surface area contributed by atoms with Crippen LogP contribution in [0.1, 0.15) is 21.3 Å². The molecule has 1 atom stereocenters. The second-order valence-electron chi connectivity index (χ2n) is 5.96. The Morgan fingerprint density at radius 3 is 2.84 bits per heavy atom. The number of carbonyl (C=O) groups is 1. The third kappa shape index (κ3) is 3.63. The van der Waals surface area contributed by atoms with E-state index in [0.717, 1.165) is 35.0 Å². The summed E-state index contributed by atoms with van der Waals surface area (Å²) in [4.78, 5) is 15.4. The zero-order valence-corrected chi connectivity index (χ0v) is 14.6. The summed E-state index contributed by atoms with van der Waals surface area (Å²) in [6, 6.07) is 9.79. The largest absolute Gasteiger partial charge is 0.454 e. The molecule has 2 aliphatic rings. The molecular formula is C18H20N2O4S. The zero-order chi connectivity index (χ0) is 17.1. The molecule has 1 aromatic carbocycles. The van der Waals surface area contributed by atoms with Crippen LogP contribution in [-0.2, 0) is 4.74 Å². The minimum atomic E-state index is -0.0333. The van der Waals surface area contributed by atoms with Crippen molar-refractivity contribution in [3.8, 4) is 11.5 Å². The number of hydrogen-bond acceptors (Lipinski definition) is 6. The summed E-state index contributed by atoms with van der Waals surface area (Å²) < 4.78 is 16.4. The molecule has 1 amide bonds. The van der Waals surface area contributed by atoms with Crippen LogP contribution in [-0.4, -0.2) is 50.4 Å². The number of thiophene rings is 1. The quantitative estimate of drug-likeness (QED) is 0.886. The minimum absolute atomic E-state index is 0.0333. The summed E-state index contributed by atoms with van der Waals surface area (Å²) in [5.74, 6) is 1.50. The molecule has 2 aliphatic heterocycles. The lowest BCUT2D eigenvalue weighted by Crippen LogP contribution is -2.43. The predicted molar refractivity (Wildman–Crippen MR) is 94.4 cm³/mol. The summed E-state index contributed by atoms with van der Waals surface area (Å²) in [5, 5.41) is 4.97. The molecule has 1 fully saturated rings. The summed E-state index contributed by atoms with van der Waals surface area (Å²) in [5.41, 5.74) is 1.11. The smallest absolute Gasteiger partial charge is 0.261 e. The van der Waals surface area contributed by atoms with Crippen molar-refractivity contribution < 1.29 is 19.0 Å². The first-order valence-electron chi connectivity index (χ1n) is 8.34. The molecule has 0 spiro atoms. The number of nitrogens with zero attached hydrogens (tertiary/aromatic N) is 1. The molecule has 2 aromatic rings. The molecule has 1 aromatic heterocycles. The van der Waals surface area contributed by atoms with Crippen LogP contribution in [0.5, 0.6) is 11.5 Å². The third-order valence-electron chi connectivity index (χ3n) is 4.47. The fourth-order valence-electron chi connectivity index (χ4n) is 3.15. The highest BCUT2D eigenvalue weighted by Gasteiger charge is 2.25. The predicted octanol–water partition coefficient (Wildman–Crippen LogP) is 2.28. The number of nitrogens with one attached hydrogen (secondary N) is 1. The van der Waals surface area contributed by atoms with E-state index in [0.29, 0.717) is 19.8 Å². The normalized spacial score (nSPS) is 18.1. The van der Waals surface area contributed by atoms with E-state index in [1.54, 1.807) is 0 Å². The molecule has 0 radical (unpaired) electrons. The van der Waals surface area contributed by atoms with Crippen LogP contribution >= 0.6 is 11.3 Å². The lowest BCUT2D eigenvalue weighted by molar-refractivity contribution is 0.0162. The van der Waals surface area contributed by atoms with Gasteiger partial charge in [-0.3, -0.25) is 9.69 Å². The summed E-state index contributed by atoms with van der Waals surface area (Å²) in [7, 11) is 0. The van der Waals surface area contributed by atoms with E-state index in [4.69, 9.17) is 14.2 Å². The van der Waals surface area contributed by atoms with E-state index in [1.807, 2.05) is 35.7 Å². The summed E-state index contributed by atoms with van der Waals surface area (Å²) in [6.45, 7) is 3.90. The molecule has 4 rings (SSSR count). The fraction of sp³-hybridized carbons (Fsp3) is 0.389. The van der Waals surface area contributed by atoms with Crippen LogP contribution in [0.2, 0.25) is 0 Å². The Hall–Kier alpha value is -2.09. The third-order valence-corrected chi connectivity index (χ3v) is 5.34.